The van der Waals surface area contributed by atoms with E-state index in [4.69, 9.17) is 4.43 Å². The van der Waals surface area contributed by atoms with E-state index in [-0.39, 0.29) is 10.8 Å². The van der Waals surface area contributed by atoms with Crippen molar-refractivity contribution in [1.29, 1.82) is 0 Å². The Kier molecular flexibility index (Phi) is 5.31. The summed E-state index contributed by atoms with van der Waals surface area (Å²) in [5, 5.41) is 0. The van der Waals surface area contributed by atoms with Crippen molar-refractivity contribution in [3.63, 3.8) is 0 Å². The maximum absolute atomic E-state index is 6.64. The molecule has 2 aromatic rings. The van der Waals surface area contributed by atoms with Gasteiger partial charge in [0.25, 0.3) is 0 Å². The first-order chi connectivity index (χ1) is 10.8. The van der Waals surface area contributed by atoms with Crippen LogP contribution in [0.25, 0.3) is 10.0 Å². The molecule has 0 unspecified atom stereocenters. The summed E-state index contributed by atoms with van der Waals surface area (Å²) in [5.41, 5.74) is 4.18. The van der Waals surface area contributed by atoms with Crippen molar-refractivity contribution in [3.8, 4) is 15.8 Å². The summed E-state index contributed by atoms with van der Waals surface area (Å²) in [5.74, 6) is 1.14. The molecule has 0 amide bonds. The molecule has 0 bridgehead atoms. The van der Waals surface area contributed by atoms with Crippen LogP contribution in [0.1, 0.15) is 52.7 Å². The molecule has 0 saturated heterocycles. The van der Waals surface area contributed by atoms with E-state index in [1.54, 1.807) is 0 Å². The summed E-state index contributed by atoms with van der Waals surface area (Å²) in [6.45, 7) is 20.6. The quantitative estimate of drug-likeness (QED) is 0.549. The Balaban J connectivity index is 2.80. The Labute approximate surface area is 155 Å². The molecule has 0 aliphatic carbocycles. The molecule has 1 nitrogen and oxygen atoms in total. The van der Waals surface area contributed by atoms with E-state index in [0.29, 0.717) is 14.5 Å². The molecular weight excluding hydrogens is 375 g/mol. The average molecular weight is 408 g/mol. The van der Waals surface area contributed by atoms with E-state index >= 15 is 0 Å². The summed E-state index contributed by atoms with van der Waals surface area (Å²) >= 11 is 0.450. The van der Waals surface area contributed by atoms with Gasteiger partial charge >= 0.3 is 155 Å². The van der Waals surface area contributed by atoms with Gasteiger partial charge in [-0.1, -0.05) is 0 Å². The van der Waals surface area contributed by atoms with Gasteiger partial charge in [0.1, 0.15) is 0 Å². The van der Waals surface area contributed by atoms with Crippen molar-refractivity contribution in [3.05, 3.63) is 40.3 Å². The van der Waals surface area contributed by atoms with Gasteiger partial charge < -0.3 is 0 Å². The molecule has 0 aliphatic rings. The van der Waals surface area contributed by atoms with E-state index in [2.05, 4.69) is 90.4 Å². The van der Waals surface area contributed by atoms with E-state index in [0.717, 1.165) is 5.75 Å². The number of hydrogen-bond acceptors (Lipinski definition) is 1. The van der Waals surface area contributed by atoms with Crippen LogP contribution in [-0.2, 0) is 10.8 Å². The van der Waals surface area contributed by atoms with Crippen molar-refractivity contribution in [2.45, 2.75) is 72.0 Å². The molecule has 1 aromatic heterocycles. The fourth-order valence-electron chi connectivity index (χ4n) is 2.74. The first-order valence-corrected chi connectivity index (χ1v) is 14.0. The summed E-state index contributed by atoms with van der Waals surface area (Å²) < 4.78 is 8.11. The second-order valence-electron chi connectivity index (χ2n) is 9.59. The molecule has 132 valence electrons. The van der Waals surface area contributed by atoms with Gasteiger partial charge in [-0.3, -0.25) is 0 Å². The fraction of sp³-hybridized carbons (Fsp3) is 0.524. The summed E-state index contributed by atoms with van der Waals surface area (Å²) in [7, 11) is -1.69. The molecule has 0 saturated carbocycles. The Morgan fingerprint density at radius 1 is 0.875 bits per heavy atom. The molecule has 2 rings (SSSR count). The summed E-state index contributed by atoms with van der Waals surface area (Å²) in [4.78, 5) is 2.29. The van der Waals surface area contributed by atoms with Gasteiger partial charge in [-0.05, 0) is 0 Å². The molecule has 0 fully saturated rings. The maximum atomic E-state index is 6.64. The Hall–Kier alpha value is -0.764. The summed E-state index contributed by atoms with van der Waals surface area (Å²) in [6.07, 6.45) is 0. The molecule has 1 aromatic carbocycles. The average Bonchev–Trinajstić information content (AvgIpc) is 2.88. The zero-order valence-corrected chi connectivity index (χ0v) is 19.4. The first-order valence-electron chi connectivity index (χ1n) is 8.71. The fourth-order valence-corrected chi connectivity index (χ4v) is 5.08. The van der Waals surface area contributed by atoms with E-state index in [9.17, 15) is 0 Å². The van der Waals surface area contributed by atoms with Crippen LogP contribution in [-0.4, -0.2) is 22.8 Å². The van der Waals surface area contributed by atoms with Gasteiger partial charge in [-0.2, -0.15) is 0 Å². The van der Waals surface area contributed by atoms with Crippen LogP contribution in [0.2, 0.25) is 19.6 Å². The van der Waals surface area contributed by atoms with Crippen LogP contribution in [0.3, 0.4) is 0 Å². The van der Waals surface area contributed by atoms with Crippen LogP contribution in [0.4, 0.5) is 0 Å². The number of hydrogen-bond donors (Lipinski definition) is 0. The predicted molar refractivity (Wildman–Crippen MR) is 110 cm³/mol. The zero-order valence-electron chi connectivity index (χ0n) is 16.7. The predicted octanol–water partition coefficient (Wildman–Crippen LogP) is 6.22. The Bertz CT molecular complexity index is 660. The zero-order chi connectivity index (χ0) is 18.3. The second-order valence-corrected chi connectivity index (χ2v) is 16.0. The number of rotatable bonds is 3. The molecule has 0 aliphatic heterocycles. The van der Waals surface area contributed by atoms with E-state index in [1.807, 2.05) is 0 Å². The third-order valence-electron chi connectivity index (χ3n) is 3.92. The van der Waals surface area contributed by atoms with E-state index in [1.165, 1.54) is 21.1 Å². The Morgan fingerprint density at radius 3 is 1.71 bits per heavy atom. The van der Waals surface area contributed by atoms with Crippen LogP contribution in [0.15, 0.2) is 29.2 Å². The van der Waals surface area contributed by atoms with Crippen molar-refractivity contribution in [2.75, 3.05) is 0 Å². The van der Waals surface area contributed by atoms with Gasteiger partial charge in [0.15, 0.2) is 0 Å². The molecular formula is C21H32OSeSi. The number of benzene rings is 1. The summed E-state index contributed by atoms with van der Waals surface area (Å²) in [6, 6.07) is 9.22. The second kappa shape index (κ2) is 6.51. The molecule has 0 radical (unpaired) electrons. The van der Waals surface area contributed by atoms with Gasteiger partial charge in [0, 0.05) is 0 Å². The molecule has 0 N–H and O–H groups in total. The first kappa shape index (κ1) is 19.6. The van der Waals surface area contributed by atoms with Gasteiger partial charge in [0.2, 0.25) is 0 Å². The van der Waals surface area contributed by atoms with Crippen molar-refractivity contribution in [2.24, 2.45) is 0 Å². The normalized spacial score (nSPS) is 13.2. The van der Waals surface area contributed by atoms with Crippen LogP contribution in [0, 0.1) is 0 Å². The molecule has 0 atom stereocenters. The van der Waals surface area contributed by atoms with Crippen molar-refractivity contribution < 1.29 is 4.43 Å². The van der Waals surface area contributed by atoms with Crippen molar-refractivity contribution >= 4 is 22.8 Å². The van der Waals surface area contributed by atoms with E-state index < -0.39 is 8.32 Å². The van der Waals surface area contributed by atoms with Gasteiger partial charge in [-0.15, -0.1) is 0 Å². The molecule has 3 heteroatoms. The van der Waals surface area contributed by atoms with Crippen LogP contribution < -0.4 is 4.43 Å². The third-order valence-corrected chi connectivity index (χ3v) is 6.66. The van der Waals surface area contributed by atoms with Crippen LogP contribution >= 0.6 is 0 Å². The topological polar surface area (TPSA) is 9.23 Å². The van der Waals surface area contributed by atoms with Gasteiger partial charge in [-0.25, -0.2) is 0 Å². The Morgan fingerprint density at radius 2 is 1.38 bits per heavy atom. The SMILES string of the molecule is CC(C)(C)c1cc(-c2ccc[se]2)cc(C(C)(C)C)c1O[Si](C)(C)C. The van der Waals surface area contributed by atoms with Crippen LogP contribution in [0.5, 0.6) is 5.75 Å². The molecule has 0 spiro atoms. The molecule has 24 heavy (non-hydrogen) atoms. The standard InChI is InChI=1S/C21H32OSeSi/c1-20(2,3)16-13-15(18-11-10-12-23-18)14-17(21(4,5)6)19(16)22-24(7,8)9/h10-14H,1-9H3. The minimum atomic E-state index is -1.69. The monoisotopic (exact) mass is 408 g/mol. The minimum absolute atomic E-state index is 0.0601. The van der Waals surface area contributed by atoms with Crippen molar-refractivity contribution in [1.82, 2.24) is 0 Å². The van der Waals surface area contributed by atoms with Gasteiger partial charge in [0.05, 0.1) is 0 Å². The third kappa shape index (κ3) is 4.65. The molecule has 1 heterocycles.